The molecule has 3 aromatic carbocycles. The number of hydrogen-bond donors (Lipinski definition) is 1. The average Bonchev–Trinajstić information content (AvgIpc) is 2.74. The van der Waals surface area contributed by atoms with E-state index >= 15 is 0 Å². The molecule has 0 radical (unpaired) electrons. The van der Waals surface area contributed by atoms with E-state index in [9.17, 15) is 25.0 Å². The lowest BCUT2D eigenvalue weighted by Crippen LogP contribution is -2.16. The number of carbonyl (C=O) groups excluding carboxylic acids is 1. The average molecular weight is 391 g/mol. The van der Waals surface area contributed by atoms with Crippen LogP contribution in [0.1, 0.15) is 28.4 Å². The third-order valence-electron chi connectivity index (χ3n) is 4.39. The molecule has 0 heterocycles. The van der Waals surface area contributed by atoms with Crippen LogP contribution in [-0.4, -0.2) is 15.6 Å². The summed E-state index contributed by atoms with van der Waals surface area (Å²) in [5.74, 6) is -0.253. The lowest BCUT2D eigenvalue weighted by atomic mass is 9.97. The summed E-state index contributed by atoms with van der Waals surface area (Å²) in [6.45, 7) is 0. The maximum Gasteiger partial charge on any atom is 0.270 e. The second kappa shape index (κ2) is 8.75. The Morgan fingerprint density at radius 1 is 0.828 bits per heavy atom. The van der Waals surface area contributed by atoms with Crippen LogP contribution in [0.3, 0.4) is 0 Å². The van der Waals surface area contributed by atoms with Gasteiger partial charge in [-0.3, -0.25) is 25.0 Å². The van der Waals surface area contributed by atoms with Crippen molar-refractivity contribution in [2.24, 2.45) is 0 Å². The van der Waals surface area contributed by atoms with Gasteiger partial charge in [0.2, 0.25) is 0 Å². The fraction of sp³-hybridized carbons (Fsp3) is 0.0952. The van der Waals surface area contributed by atoms with Crippen LogP contribution in [0.5, 0.6) is 0 Å². The lowest BCUT2D eigenvalue weighted by Gasteiger charge is -2.20. The van der Waals surface area contributed by atoms with Crippen molar-refractivity contribution in [3.05, 3.63) is 110 Å². The minimum Gasteiger partial charge on any atom is -0.378 e. The van der Waals surface area contributed by atoms with Crippen LogP contribution in [0, 0.1) is 20.2 Å². The summed E-state index contributed by atoms with van der Waals surface area (Å²) >= 11 is 0. The summed E-state index contributed by atoms with van der Waals surface area (Å²) in [4.78, 5) is 33.6. The van der Waals surface area contributed by atoms with E-state index in [0.29, 0.717) is 5.69 Å². The number of anilines is 1. The van der Waals surface area contributed by atoms with Crippen molar-refractivity contribution in [3.8, 4) is 0 Å². The zero-order valence-electron chi connectivity index (χ0n) is 15.2. The number of carbonyl (C=O) groups is 1. The van der Waals surface area contributed by atoms with Crippen molar-refractivity contribution in [2.45, 2.75) is 12.5 Å². The zero-order chi connectivity index (χ0) is 20.8. The molecule has 0 aliphatic rings. The van der Waals surface area contributed by atoms with Crippen molar-refractivity contribution >= 4 is 22.8 Å². The minimum absolute atomic E-state index is 0.0283. The molecule has 0 saturated carbocycles. The third-order valence-corrected chi connectivity index (χ3v) is 4.39. The molecule has 0 aromatic heterocycles. The topological polar surface area (TPSA) is 115 Å². The van der Waals surface area contributed by atoms with Gasteiger partial charge in [-0.2, -0.15) is 0 Å². The number of nitrogens with one attached hydrogen (secondary N) is 1. The maximum atomic E-state index is 12.8. The normalized spacial score (nSPS) is 11.4. The molecular formula is C21H17N3O5. The smallest absolute Gasteiger partial charge is 0.270 e. The van der Waals surface area contributed by atoms with Crippen molar-refractivity contribution in [3.63, 3.8) is 0 Å². The van der Waals surface area contributed by atoms with E-state index in [2.05, 4.69) is 5.32 Å². The number of non-ortho nitro benzene ring substituents is 2. The monoisotopic (exact) mass is 391 g/mol. The Morgan fingerprint density at radius 3 is 2.10 bits per heavy atom. The molecule has 0 spiro atoms. The van der Waals surface area contributed by atoms with Gasteiger partial charge in [-0.05, 0) is 17.7 Å². The summed E-state index contributed by atoms with van der Waals surface area (Å²) in [6.07, 6.45) is 0.0577. The molecule has 146 valence electrons. The molecule has 1 unspecified atom stereocenters. The predicted molar refractivity (Wildman–Crippen MR) is 108 cm³/mol. The van der Waals surface area contributed by atoms with Crippen LogP contribution in [0.25, 0.3) is 0 Å². The number of benzene rings is 3. The molecule has 3 aromatic rings. The lowest BCUT2D eigenvalue weighted by molar-refractivity contribution is -0.385. The molecule has 1 N–H and O–H groups in total. The van der Waals surface area contributed by atoms with Crippen LogP contribution in [-0.2, 0) is 0 Å². The number of Topliss-reactive ketones (excluding diaryl/α,β-unsaturated/α-hetero) is 1. The van der Waals surface area contributed by atoms with E-state index in [1.165, 1.54) is 30.3 Å². The molecule has 0 saturated heterocycles. The van der Waals surface area contributed by atoms with Gasteiger partial charge in [0, 0.05) is 41.9 Å². The Kier molecular flexibility index (Phi) is 5.94. The molecule has 8 heteroatoms. The van der Waals surface area contributed by atoms with Gasteiger partial charge in [-0.25, -0.2) is 0 Å². The molecular weight excluding hydrogens is 374 g/mol. The first-order valence-electron chi connectivity index (χ1n) is 8.77. The highest BCUT2D eigenvalue weighted by Gasteiger charge is 2.19. The Labute approximate surface area is 166 Å². The maximum absolute atomic E-state index is 12.8. The Hall–Kier alpha value is -4.07. The standard InChI is InChI=1S/C21H17N3O5/c25-21(16-7-4-8-19(13-16)24(28)29)14-20(15-5-2-1-3-6-15)22-17-9-11-18(12-10-17)23(26)27/h1-13,20,22H,14H2. The summed E-state index contributed by atoms with van der Waals surface area (Å²) in [5, 5.41) is 25.0. The zero-order valence-corrected chi connectivity index (χ0v) is 15.2. The van der Waals surface area contributed by atoms with Crippen molar-refractivity contribution < 1.29 is 14.6 Å². The van der Waals surface area contributed by atoms with E-state index in [0.717, 1.165) is 5.56 Å². The SMILES string of the molecule is O=C(CC(Nc1ccc([N+](=O)[O-])cc1)c1ccccc1)c1cccc([N+](=O)[O-])c1. The molecule has 8 nitrogen and oxygen atoms in total. The molecule has 0 bridgehead atoms. The molecule has 0 aliphatic heterocycles. The highest BCUT2D eigenvalue weighted by atomic mass is 16.6. The van der Waals surface area contributed by atoms with Crippen LogP contribution in [0.15, 0.2) is 78.9 Å². The second-order valence-electron chi connectivity index (χ2n) is 6.35. The first kappa shape index (κ1) is 19.7. The van der Waals surface area contributed by atoms with Gasteiger partial charge in [0.25, 0.3) is 11.4 Å². The van der Waals surface area contributed by atoms with Gasteiger partial charge >= 0.3 is 0 Å². The Bertz CT molecular complexity index is 1040. The number of nitro groups is 2. The number of ketones is 1. The van der Waals surface area contributed by atoms with Crippen LogP contribution in [0.2, 0.25) is 0 Å². The summed E-state index contributed by atoms with van der Waals surface area (Å²) in [5.41, 5.74) is 1.56. The van der Waals surface area contributed by atoms with Gasteiger partial charge in [-0.15, -0.1) is 0 Å². The molecule has 0 fully saturated rings. The summed E-state index contributed by atoms with van der Waals surface area (Å²) < 4.78 is 0. The molecule has 1 atom stereocenters. The fourth-order valence-corrected chi connectivity index (χ4v) is 2.91. The summed E-state index contributed by atoms with van der Waals surface area (Å²) in [6, 6.07) is 20.4. The number of nitrogens with zero attached hydrogens (tertiary/aromatic N) is 2. The number of rotatable bonds is 8. The van der Waals surface area contributed by atoms with Gasteiger partial charge in [0.05, 0.1) is 15.9 Å². The highest BCUT2D eigenvalue weighted by Crippen LogP contribution is 2.26. The van der Waals surface area contributed by atoms with Crippen molar-refractivity contribution in [1.82, 2.24) is 0 Å². The van der Waals surface area contributed by atoms with Crippen LogP contribution >= 0.6 is 0 Å². The molecule has 0 aliphatic carbocycles. The highest BCUT2D eigenvalue weighted by molar-refractivity contribution is 5.97. The third kappa shape index (κ3) is 5.01. The van der Waals surface area contributed by atoms with Crippen LogP contribution in [0.4, 0.5) is 17.1 Å². The van der Waals surface area contributed by atoms with E-state index < -0.39 is 15.9 Å². The van der Waals surface area contributed by atoms with Gasteiger partial charge in [0.1, 0.15) is 0 Å². The molecule has 29 heavy (non-hydrogen) atoms. The Balaban J connectivity index is 1.84. The Morgan fingerprint density at radius 2 is 1.48 bits per heavy atom. The van der Waals surface area contributed by atoms with E-state index in [-0.39, 0.29) is 29.1 Å². The quantitative estimate of drug-likeness (QED) is 0.331. The van der Waals surface area contributed by atoms with E-state index in [1.807, 2.05) is 30.3 Å². The summed E-state index contributed by atoms with van der Waals surface area (Å²) in [7, 11) is 0. The first-order chi connectivity index (χ1) is 13.9. The largest absolute Gasteiger partial charge is 0.378 e. The van der Waals surface area contributed by atoms with Gasteiger partial charge in [-0.1, -0.05) is 42.5 Å². The number of hydrogen-bond acceptors (Lipinski definition) is 6. The molecule has 0 amide bonds. The van der Waals surface area contributed by atoms with Crippen molar-refractivity contribution in [2.75, 3.05) is 5.32 Å². The minimum atomic E-state index is -0.541. The number of nitro benzene ring substituents is 2. The first-order valence-corrected chi connectivity index (χ1v) is 8.77. The second-order valence-corrected chi connectivity index (χ2v) is 6.35. The predicted octanol–water partition coefficient (Wildman–Crippen LogP) is 4.93. The van der Waals surface area contributed by atoms with Crippen LogP contribution < -0.4 is 5.32 Å². The van der Waals surface area contributed by atoms with Gasteiger partial charge < -0.3 is 5.32 Å². The van der Waals surface area contributed by atoms with Crippen molar-refractivity contribution in [1.29, 1.82) is 0 Å². The van der Waals surface area contributed by atoms with E-state index in [1.54, 1.807) is 18.2 Å². The molecule has 3 rings (SSSR count). The fourth-order valence-electron chi connectivity index (χ4n) is 2.91. The van der Waals surface area contributed by atoms with Gasteiger partial charge in [0.15, 0.2) is 5.78 Å². The van der Waals surface area contributed by atoms with E-state index in [4.69, 9.17) is 0 Å².